The van der Waals surface area contributed by atoms with Crippen molar-refractivity contribution in [3.63, 3.8) is 0 Å². The Morgan fingerprint density at radius 3 is 1.73 bits per heavy atom. The number of carboxylic acids is 1. The van der Waals surface area contributed by atoms with Gasteiger partial charge in [0.2, 0.25) is 0 Å². The van der Waals surface area contributed by atoms with Gasteiger partial charge >= 0.3 is 56.5 Å². The molecule has 2 aromatic carbocycles. The van der Waals surface area contributed by atoms with Crippen LogP contribution in [0.3, 0.4) is 0 Å². The molecular formula is C34H36Cl2F2I3N4O5Y2-3. The van der Waals surface area contributed by atoms with E-state index in [2.05, 4.69) is 65.7 Å². The number of nitrogens with two attached hydrogens (primary N) is 1. The van der Waals surface area contributed by atoms with Crippen molar-refractivity contribution in [1.82, 2.24) is 15.6 Å². The molecule has 0 aliphatic heterocycles. The van der Waals surface area contributed by atoms with Crippen molar-refractivity contribution in [1.29, 1.82) is 0 Å². The molecule has 6 rings (SSSR count). The van der Waals surface area contributed by atoms with Crippen molar-refractivity contribution in [2.45, 2.75) is 77.3 Å². The molecule has 1 amide bonds. The summed E-state index contributed by atoms with van der Waals surface area (Å²) in [5, 5.41) is 19.6. The number of carbonyl (C=O) groups is 2. The van der Waals surface area contributed by atoms with Crippen LogP contribution >= 0.6 is 60.4 Å². The first-order valence-electron chi connectivity index (χ1n) is 15.5. The Hall–Kier alpha value is 0.598. The van der Waals surface area contributed by atoms with E-state index in [1.807, 2.05) is 0 Å². The van der Waals surface area contributed by atoms with Crippen LogP contribution in [0.4, 0.5) is 8.78 Å². The third kappa shape index (κ3) is 15.2. The molecule has 9 nitrogen and oxygen atoms in total. The summed E-state index contributed by atoms with van der Waals surface area (Å²) >= 11 is 17.2. The van der Waals surface area contributed by atoms with Crippen LogP contribution in [0.15, 0.2) is 45.4 Å². The summed E-state index contributed by atoms with van der Waals surface area (Å²) in [6, 6.07) is 8.94. The Bertz CT molecular complexity index is 1690. The zero-order valence-corrected chi connectivity index (χ0v) is 41.9. The summed E-state index contributed by atoms with van der Waals surface area (Å²) in [5.41, 5.74) is 6.22. The molecule has 4 N–H and O–H groups in total. The third-order valence-corrected chi connectivity index (χ3v) is 8.38. The van der Waals surface area contributed by atoms with Gasteiger partial charge in [-0.15, -0.1) is 0 Å². The normalized spacial score (nSPS) is 16.2. The maximum Gasteiger partial charge on any atom is 0 e. The molecule has 2 saturated carbocycles. The minimum atomic E-state index is -1.24. The Morgan fingerprint density at radius 1 is 0.885 bits per heavy atom. The van der Waals surface area contributed by atoms with E-state index in [9.17, 15) is 18.4 Å². The van der Waals surface area contributed by atoms with Gasteiger partial charge in [-0.25, -0.2) is 13.6 Å². The number of hydrogen-bond acceptors (Lipinski definition) is 7. The molecule has 0 bridgehead atoms. The minimum Gasteiger partial charge on any atom is -0.330 e. The quantitative estimate of drug-likeness (QED) is 0.139. The Morgan fingerprint density at radius 2 is 1.35 bits per heavy atom. The van der Waals surface area contributed by atoms with E-state index in [4.69, 9.17) is 43.1 Å². The maximum absolute atomic E-state index is 14.1. The average molecular weight is 1250 g/mol. The van der Waals surface area contributed by atoms with Crippen molar-refractivity contribution in [2.75, 3.05) is 0 Å². The molecule has 2 heterocycles. The van der Waals surface area contributed by atoms with Gasteiger partial charge in [0.1, 0.15) is 22.8 Å². The number of halogens is 7. The number of amides is 1. The zero-order valence-electron chi connectivity index (χ0n) is 28.3. The Labute approximate surface area is 392 Å². The van der Waals surface area contributed by atoms with E-state index in [1.165, 1.54) is 56.5 Å². The standard InChI is InChI=1S/C17H17ClFN2O2.C11H7ClFNO3.C6H12N.I3.2Y/c1-10-14(17(22)20-11-6-3-2-4-7-11)16(23-21-10)15-12(18)8-5-9-13(15)19;1-5-8(11(15)16)10(17-14-5)9-6(12)3-2-4-7(9)13;7-6-4-2-1-3-5-6;1-3-2;;/h3,5,8-9,11H,2,4,6-7H2,1H3,(H,20,22);2-4H,1H3,(H,15,16);2,6H,1,3-5,7H2;;;/q-1;;2*-1;;. The summed E-state index contributed by atoms with van der Waals surface area (Å²) in [6.07, 6.45) is 13.3. The van der Waals surface area contributed by atoms with Gasteiger partial charge in [-0.1, -0.05) is 58.5 Å². The van der Waals surface area contributed by atoms with Crippen molar-refractivity contribution < 1.29 is 111 Å². The number of hydrogen-bond donors (Lipinski definition) is 3. The molecule has 280 valence electrons. The van der Waals surface area contributed by atoms with E-state index in [0.717, 1.165) is 32.1 Å². The number of nitrogens with zero attached hydrogens (tertiary/aromatic N) is 2. The summed E-state index contributed by atoms with van der Waals surface area (Å²) < 4.78 is 37.8. The average Bonchev–Trinajstić information content (AvgIpc) is 3.65. The number of aromatic carboxylic acids is 1. The van der Waals surface area contributed by atoms with Crippen LogP contribution in [0.2, 0.25) is 10.0 Å². The van der Waals surface area contributed by atoms with Gasteiger partial charge in [0.25, 0.3) is 5.91 Å². The number of carboxylic acid groups (broad SMARTS) is 1. The van der Waals surface area contributed by atoms with Gasteiger partial charge in [0.15, 0.2) is 11.5 Å². The molecule has 2 fully saturated rings. The van der Waals surface area contributed by atoms with E-state index in [-0.39, 0.29) is 127 Å². The van der Waals surface area contributed by atoms with Gasteiger partial charge in [0, 0.05) is 71.5 Å². The summed E-state index contributed by atoms with van der Waals surface area (Å²) in [4.78, 5) is 23.7. The third-order valence-electron chi connectivity index (χ3n) is 7.75. The second kappa shape index (κ2) is 26.5. The fourth-order valence-corrected chi connectivity index (χ4v) is 5.84. The van der Waals surface area contributed by atoms with Crippen LogP contribution in [0, 0.1) is 38.3 Å². The van der Waals surface area contributed by atoms with Gasteiger partial charge in [-0.3, -0.25) is 4.79 Å². The summed E-state index contributed by atoms with van der Waals surface area (Å²) in [7, 11) is 0. The summed E-state index contributed by atoms with van der Waals surface area (Å²) in [5.74, 6) is -2.85. The van der Waals surface area contributed by atoms with Crippen LogP contribution in [0.25, 0.3) is 22.6 Å². The molecule has 18 heteroatoms. The number of carbonyl (C=O) groups excluding carboxylic acids is 1. The van der Waals surface area contributed by atoms with E-state index >= 15 is 0 Å². The molecule has 2 aliphatic rings. The Balaban J connectivity index is 0.000000409. The molecule has 2 radical (unpaired) electrons. The molecule has 0 saturated heterocycles. The molecule has 2 aliphatic carbocycles. The second-order valence-corrected chi connectivity index (χ2v) is 28.4. The topological polar surface area (TPSA) is 144 Å². The Kier molecular flexibility index (Phi) is 25.8. The first kappa shape index (κ1) is 50.6. The number of rotatable bonds is 5. The summed E-state index contributed by atoms with van der Waals surface area (Å²) in [6.45, 7) is 3.12. The molecule has 2 atom stereocenters. The van der Waals surface area contributed by atoms with E-state index in [1.54, 1.807) is 13.0 Å². The first-order valence-corrected chi connectivity index (χ1v) is 28.8. The minimum absolute atomic E-state index is 0. The fraction of sp³-hybridized carbons (Fsp3) is 0.353. The first-order chi connectivity index (χ1) is 23.9. The zero-order chi connectivity index (χ0) is 36.8. The largest absolute Gasteiger partial charge is 0.330 e. The fourth-order valence-electron chi connectivity index (χ4n) is 5.34. The predicted molar refractivity (Wildman–Crippen MR) is 203 cm³/mol. The van der Waals surface area contributed by atoms with Crippen molar-refractivity contribution in [3.8, 4) is 22.6 Å². The SMILES string of the molecule is Cc1noc(-c2c(F)cccc2Cl)c1C(=O)NC1C[CH-]CCC1.Cc1noc(-c2c(F)cccc2Cl)c1C(=O)O.I[I-]I.NC1C[CH-]CCC1.[Y].[Y]. The molecule has 4 aromatic rings. The van der Waals surface area contributed by atoms with E-state index < -0.39 is 17.6 Å². The van der Waals surface area contributed by atoms with Crippen LogP contribution in [-0.2, 0) is 65.4 Å². The van der Waals surface area contributed by atoms with Crippen LogP contribution in [-0.4, -0.2) is 39.4 Å². The molecule has 52 heavy (non-hydrogen) atoms. The van der Waals surface area contributed by atoms with Gasteiger partial charge in [-0.2, -0.15) is 25.7 Å². The number of benzene rings is 2. The molecule has 0 spiro atoms. The van der Waals surface area contributed by atoms with Crippen LogP contribution < -0.4 is 24.3 Å². The van der Waals surface area contributed by atoms with Gasteiger partial charge in [0.05, 0.1) is 32.6 Å². The number of nitrogens with one attached hydrogen (secondary N) is 1. The molecule has 2 unspecified atom stereocenters. The van der Waals surface area contributed by atoms with Crippen molar-refractivity contribution in [2.24, 2.45) is 5.73 Å². The van der Waals surface area contributed by atoms with Crippen molar-refractivity contribution in [3.05, 3.63) is 93.4 Å². The number of aryl methyl sites for hydroxylation is 2. The van der Waals surface area contributed by atoms with Gasteiger partial charge in [-0.05, 0) is 57.0 Å². The predicted octanol–water partition coefficient (Wildman–Crippen LogP) is 7.32. The maximum atomic E-state index is 14.1. The van der Waals surface area contributed by atoms with Crippen LogP contribution in [0.5, 0.6) is 0 Å². The second-order valence-electron chi connectivity index (χ2n) is 11.3. The van der Waals surface area contributed by atoms with Crippen molar-refractivity contribution >= 4 is 72.3 Å². The molecular weight excluding hydrogens is 1210 g/mol. The smallest absolute Gasteiger partial charge is 0 e. The molecule has 2 aromatic heterocycles. The monoisotopic (exact) mass is 1250 g/mol. The van der Waals surface area contributed by atoms with Crippen LogP contribution in [0.1, 0.15) is 83.5 Å². The van der Waals surface area contributed by atoms with Gasteiger partial charge < -0.3 is 38.0 Å². The number of aromatic nitrogens is 2. The van der Waals surface area contributed by atoms with E-state index in [0.29, 0.717) is 25.0 Å².